The third-order valence-electron chi connectivity index (χ3n) is 4.16. The Labute approximate surface area is 165 Å². The number of anilines is 1. The maximum absolute atomic E-state index is 12.3. The molecular weight excluding hydrogens is 356 g/mol. The summed E-state index contributed by atoms with van der Waals surface area (Å²) in [6.45, 7) is 3.64. The second kappa shape index (κ2) is 10.3. The highest BCUT2D eigenvalue weighted by atomic mass is 16.5. The molecule has 6 heteroatoms. The summed E-state index contributed by atoms with van der Waals surface area (Å²) < 4.78 is 5.60. The molecule has 2 aromatic carbocycles. The lowest BCUT2D eigenvalue weighted by atomic mass is 10.1. The zero-order valence-electron chi connectivity index (χ0n) is 16.5. The molecule has 0 unspecified atom stereocenters. The molecule has 0 saturated heterocycles. The molecule has 0 fully saturated rings. The molecule has 0 bridgehead atoms. The maximum Gasteiger partial charge on any atom is 0.260 e. The van der Waals surface area contributed by atoms with E-state index in [0.29, 0.717) is 30.0 Å². The predicted octanol–water partition coefficient (Wildman–Crippen LogP) is 3.67. The topological polar surface area (TPSA) is 75.7 Å². The van der Waals surface area contributed by atoms with E-state index in [1.165, 1.54) is 6.92 Å². The summed E-state index contributed by atoms with van der Waals surface area (Å²) in [5.41, 5.74) is 1.88. The molecule has 0 saturated carbocycles. The number of hydrogen-bond acceptors (Lipinski definition) is 4. The molecule has 2 rings (SSSR count). The average molecular weight is 382 g/mol. The van der Waals surface area contributed by atoms with Crippen LogP contribution >= 0.6 is 0 Å². The number of ether oxygens (including phenoxy) is 1. The zero-order chi connectivity index (χ0) is 20.5. The number of Topliss-reactive ketones (excluding diaryl/α,β-unsaturated/α-hetero) is 1. The quantitative estimate of drug-likeness (QED) is 0.672. The highest BCUT2D eigenvalue weighted by Gasteiger charge is 2.15. The van der Waals surface area contributed by atoms with Gasteiger partial charge in [-0.2, -0.15) is 0 Å². The van der Waals surface area contributed by atoms with Crippen LogP contribution in [0.25, 0.3) is 0 Å². The summed E-state index contributed by atoms with van der Waals surface area (Å²) in [5.74, 6) is -0.184. The smallest absolute Gasteiger partial charge is 0.260 e. The van der Waals surface area contributed by atoms with Crippen molar-refractivity contribution in [2.45, 2.75) is 33.2 Å². The van der Waals surface area contributed by atoms with Crippen LogP contribution in [0.15, 0.2) is 48.5 Å². The first-order chi connectivity index (χ1) is 13.4. The van der Waals surface area contributed by atoms with Crippen molar-refractivity contribution in [3.05, 3.63) is 59.7 Å². The van der Waals surface area contributed by atoms with Gasteiger partial charge in [0.2, 0.25) is 5.91 Å². The van der Waals surface area contributed by atoms with Crippen LogP contribution in [0.4, 0.5) is 5.69 Å². The number of nitrogens with one attached hydrogen (secondary N) is 1. The van der Waals surface area contributed by atoms with E-state index in [1.54, 1.807) is 30.1 Å². The van der Waals surface area contributed by atoms with E-state index in [-0.39, 0.29) is 24.2 Å². The molecule has 1 N–H and O–H groups in total. The first kappa shape index (κ1) is 21.2. The molecule has 2 aromatic rings. The molecule has 2 amide bonds. The second-order valence-corrected chi connectivity index (χ2v) is 6.59. The van der Waals surface area contributed by atoms with E-state index in [1.807, 2.05) is 37.3 Å². The summed E-state index contributed by atoms with van der Waals surface area (Å²) in [4.78, 5) is 37.6. The van der Waals surface area contributed by atoms with Gasteiger partial charge < -0.3 is 15.0 Å². The lowest BCUT2D eigenvalue weighted by molar-refractivity contribution is -0.132. The molecule has 0 heterocycles. The van der Waals surface area contributed by atoms with Crippen LogP contribution < -0.4 is 10.1 Å². The minimum absolute atomic E-state index is 0.108. The highest BCUT2D eigenvalue weighted by molar-refractivity contribution is 5.99. The maximum atomic E-state index is 12.3. The highest BCUT2D eigenvalue weighted by Crippen LogP contribution is 2.24. The Morgan fingerprint density at radius 2 is 1.79 bits per heavy atom. The van der Waals surface area contributed by atoms with Gasteiger partial charge in [-0.15, -0.1) is 0 Å². The van der Waals surface area contributed by atoms with Gasteiger partial charge in [0.15, 0.2) is 12.4 Å². The van der Waals surface area contributed by atoms with Crippen LogP contribution in [0.5, 0.6) is 5.75 Å². The van der Waals surface area contributed by atoms with Crippen LogP contribution in [0.3, 0.4) is 0 Å². The zero-order valence-corrected chi connectivity index (χ0v) is 16.5. The molecule has 6 nitrogen and oxygen atoms in total. The van der Waals surface area contributed by atoms with Crippen molar-refractivity contribution < 1.29 is 19.1 Å². The largest absolute Gasteiger partial charge is 0.483 e. The Bertz CT molecular complexity index is 834. The number of benzene rings is 2. The third-order valence-corrected chi connectivity index (χ3v) is 4.16. The van der Waals surface area contributed by atoms with Gasteiger partial charge in [0.25, 0.3) is 5.91 Å². The Kier molecular flexibility index (Phi) is 7.75. The van der Waals surface area contributed by atoms with Crippen molar-refractivity contribution in [1.29, 1.82) is 0 Å². The lowest BCUT2D eigenvalue weighted by Gasteiger charge is -2.18. The number of rotatable bonds is 9. The van der Waals surface area contributed by atoms with Crippen LogP contribution in [-0.4, -0.2) is 36.2 Å². The summed E-state index contributed by atoms with van der Waals surface area (Å²) >= 11 is 0. The number of carbonyl (C=O) groups is 3. The number of likely N-dealkylation sites (N-methyl/N-ethyl adjacent to an activating group) is 1. The monoisotopic (exact) mass is 382 g/mol. The minimum Gasteiger partial charge on any atom is -0.483 e. The van der Waals surface area contributed by atoms with Crippen molar-refractivity contribution in [3.8, 4) is 5.75 Å². The number of hydrogen-bond donors (Lipinski definition) is 1. The average Bonchev–Trinajstić information content (AvgIpc) is 2.67. The molecule has 0 spiro atoms. The molecule has 0 aliphatic heterocycles. The summed E-state index contributed by atoms with van der Waals surface area (Å²) in [7, 11) is 1.71. The summed E-state index contributed by atoms with van der Waals surface area (Å²) in [6, 6.07) is 14.5. The van der Waals surface area contributed by atoms with Gasteiger partial charge in [-0.3, -0.25) is 14.4 Å². The van der Waals surface area contributed by atoms with E-state index in [2.05, 4.69) is 5.32 Å². The summed E-state index contributed by atoms with van der Waals surface area (Å²) in [5, 5.41) is 2.75. The number of carbonyl (C=O) groups excluding carboxylic acids is 3. The Balaban J connectivity index is 2.01. The summed E-state index contributed by atoms with van der Waals surface area (Å²) in [6.07, 6.45) is 1.15. The van der Waals surface area contributed by atoms with Gasteiger partial charge in [-0.1, -0.05) is 37.3 Å². The van der Waals surface area contributed by atoms with Crippen molar-refractivity contribution in [1.82, 2.24) is 4.90 Å². The van der Waals surface area contributed by atoms with Crippen molar-refractivity contribution in [2.75, 3.05) is 19.0 Å². The molecule has 0 aliphatic rings. The molecule has 0 atom stereocenters. The van der Waals surface area contributed by atoms with E-state index >= 15 is 0 Å². The fraction of sp³-hybridized carbons (Fsp3) is 0.318. The van der Waals surface area contributed by atoms with Gasteiger partial charge >= 0.3 is 0 Å². The molecule has 148 valence electrons. The van der Waals surface area contributed by atoms with Crippen molar-refractivity contribution in [2.24, 2.45) is 0 Å². The van der Waals surface area contributed by atoms with Gasteiger partial charge in [0.1, 0.15) is 5.75 Å². The van der Waals surface area contributed by atoms with E-state index in [9.17, 15) is 14.4 Å². The standard InChI is InChI=1S/C22H26N2O4/c1-4-8-21(26)23-18-11-12-20(19(13-18)16(2)25)28-15-22(27)24(3)14-17-9-6-5-7-10-17/h5-7,9-13H,4,8,14-15H2,1-3H3,(H,23,26). The fourth-order valence-corrected chi connectivity index (χ4v) is 2.65. The number of nitrogens with zero attached hydrogens (tertiary/aromatic N) is 1. The van der Waals surface area contributed by atoms with Crippen LogP contribution in [-0.2, 0) is 16.1 Å². The van der Waals surface area contributed by atoms with Gasteiger partial charge in [-0.25, -0.2) is 0 Å². The van der Waals surface area contributed by atoms with Gasteiger partial charge in [-0.05, 0) is 37.1 Å². The molecular formula is C22H26N2O4. The predicted molar refractivity (Wildman–Crippen MR) is 108 cm³/mol. The van der Waals surface area contributed by atoms with Gasteiger partial charge in [0.05, 0.1) is 5.56 Å². The molecule has 0 aromatic heterocycles. The second-order valence-electron chi connectivity index (χ2n) is 6.59. The fourth-order valence-electron chi connectivity index (χ4n) is 2.65. The normalized spacial score (nSPS) is 10.2. The van der Waals surface area contributed by atoms with Crippen molar-refractivity contribution >= 4 is 23.3 Å². The number of ketones is 1. The molecule has 28 heavy (non-hydrogen) atoms. The van der Waals surface area contributed by atoms with Gasteiger partial charge in [0, 0.05) is 25.7 Å². The third kappa shape index (κ3) is 6.23. The van der Waals surface area contributed by atoms with Crippen LogP contribution in [0.1, 0.15) is 42.6 Å². The van der Waals surface area contributed by atoms with E-state index in [4.69, 9.17) is 4.74 Å². The van der Waals surface area contributed by atoms with E-state index in [0.717, 1.165) is 12.0 Å². The first-order valence-corrected chi connectivity index (χ1v) is 9.26. The van der Waals surface area contributed by atoms with E-state index < -0.39 is 0 Å². The molecule has 0 aliphatic carbocycles. The number of amides is 2. The SMILES string of the molecule is CCCC(=O)Nc1ccc(OCC(=O)N(C)Cc2ccccc2)c(C(C)=O)c1. The first-order valence-electron chi connectivity index (χ1n) is 9.26. The Morgan fingerprint density at radius 1 is 1.07 bits per heavy atom. The van der Waals surface area contributed by atoms with Crippen LogP contribution in [0, 0.1) is 0 Å². The Morgan fingerprint density at radius 3 is 2.43 bits per heavy atom. The molecule has 0 radical (unpaired) electrons. The Hall–Kier alpha value is -3.15. The minimum atomic E-state index is -0.202. The van der Waals surface area contributed by atoms with Crippen LogP contribution in [0.2, 0.25) is 0 Å². The van der Waals surface area contributed by atoms with Crippen molar-refractivity contribution in [3.63, 3.8) is 0 Å². The lowest BCUT2D eigenvalue weighted by Crippen LogP contribution is -2.31.